The van der Waals surface area contributed by atoms with Crippen LogP contribution in [0.4, 0.5) is 9.59 Å². The lowest BCUT2D eigenvalue weighted by atomic mass is 9.91. The van der Waals surface area contributed by atoms with Crippen molar-refractivity contribution in [1.82, 2.24) is 16.0 Å². The number of aliphatic hydroxyl groups excluding tert-OH is 1. The Labute approximate surface area is 266 Å². The zero-order valence-electron chi connectivity index (χ0n) is 26.9. The largest absolute Gasteiger partial charge is 0.445 e. The maximum atomic E-state index is 13.8. The average Bonchev–Trinajstić information content (AvgIpc) is 3.01. The Morgan fingerprint density at radius 2 is 1.18 bits per heavy atom. The standard InChI is InChI=1S/C36H47N3O6/c1-6-25(2)31(39-34(42)44-24-28-20-14-9-15-21-28)33(41)37-29(22-26-16-10-7-11-17-26)32(40)30(23-27-18-12-8-13-19-27)38-35(43)45-36(3,4)5/h7-21,25,29-32,40H,6,22-24H2,1-5H3,(H,37,41)(H,38,43)(H,39,42)/t25-,29-,30-,31-,32?/m0/s1. The maximum Gasteiger partial charge on any atom is 0.408 e. The lowest BCUT2D eigenvalue weighted by Crippen LogP contribution is -2.59. The molecule has 3 aromatic carbocycles. The van der Waals surface area contributed by atoms with Crippen molar-refractivity contribution in [3.63, 3.8) is 0 Å². The predicted molar refractivity (Wildman–Crippen MR) is 174 cm³/mol. The molecule has 0 spiro atoms. The molecule has 1 unspecified atom stereocenters. The van der Waals surface area contributed by atoms with Gasteiger partial charge in [-0.25, -0.2) is 9.59 Å². The molecule has 0 fully saturated rings. The molecule has 3 amide bonds. The van der Waals surface area contributed by atoms with Crippen LogP contribution in [-0.2, 0) is 33.7 Å². The molecule has 5 atom stereocenters. The fourth-order valence-electron chi connectivity index (χ4n) is 4.86. The molecule has 0 aliphatic carbocycles. The number of amides is 3. The zero-order valence-corrected chi connectivity index (χ0v) is 26.9. The van der Waals surface area contributed by atoms with E-state index in [1.54, 1.807) is 20.8 Å². The van der Waals surface area contributed by atoms with Gasteiger partial charge in [-0.15, -0.1) is 0 Å². The van der Waals surface area contributed by atoms with Crippen LogP contribution in [0.2, 0.25) is 0 Å². The Bertz CT molecular complexity index is 1330. The topological polar surface area (TPSA) is 126 Å². The van der Waals surface area contributed by atoms with E-state index in [0.717, 1.165) is 16.7 Å². The highest BCUT2D eigenvalue weighted by molar-refractivity contribution is 5.86. The number of ether oxygens (including phenoxy) is 2. The number of benzene rings is 3. The van der Waals surface area contributed by atoms with Crippen LogP contribution < -0.4 is 16.0 Å². The number of nitrogens with one attached hydrogen (secondary N) is 3. The summed E-state index contributed by atoms with van der Waals surface area (Å²) in [4.78, 5) is 39.5. The zero-order chi connectivity index (χ0) is 32.8. The third-order valence-corrected chi connectivity index (χ3v) is 7.43. The quantitative estimate of drug-likeness (QED) is 0.188. The molecule has 0 aliphatic heterocycles. The SMILES string of the molecule is CC[C@H](C)[C@H](NC(=O)OCc1ccccc1)C(=O)N[C@@H](Cc1ccccc1)C(O)[C@H](Cc1ccccc1)NC(=O)OC(C)(C)C. The number of hydrogen-bond donors (Lipinski definition) is 4. The minimum atomic E-state index is -1.22. The molecule has 0 aliphatic rings. The van der Waals surface area contributed by atoms with E-state index in [2.05, 4.69) is 16.0 Å². The highest BCUT2D eigenvalue weighted by Gasteiger charge is 2.35. The molecule has 0 aromatic heterocycles. The first-order valence-corrected chi connectivity index (χ1v) is 15.5. The molecule has 3 rings (SSSR count). The fourth-order valence-corrected chi connectivity index (χ4v) is 4.86. The minimum Gasteiger partial charge on any atom is -0.445 e. The molecule has 45 heavy (non-hydrogen) atoms. The first kappa shape index (κ1) is 35.1. The van der Waals surface area contributed by atoms with Crippen molar-refractivity contribution in [2.45, 2.75) is 90.3 Å². The molecule has 0 bridgehead atoms. The Kier molecular flexibility index (Phi) is 13.4. The summed E-state index contributed by atoms with van der Waals surface area (Å²) in [5.74, 6) is -0.694. The lowest BCUT2D eigenvalue weighted by molar-refractivity contribution is -0.126. The predicted octanol–water partition coefficient (Wildman–Crippen LogP) is 5.55. The molecule has 0 radical (unpaired) electrons. The summed E-state index contributed by atoms with van der Waals surface area (Å²) in [6, 6.07) is 25.7. The molecule has 4 N–H and O–H groups in total. The number of carbonyl (C=O) groups is 3. The molecule has 9 nitrogen and oxygen atoms in total. The number of alkyl carbamates (subject to hydrolysis) is 2. The van der Waals surface area contributed by atoms with E-state index in [1.807, 2.05) is 105 Å². The third-order valence-electron chi connectivity index (χ3n) is 7.43. The summed E-state index contributed by atoms with van der Waals surface area (Å²) < 4.78 is 10.9. The molecular formula is C36H47N3O6. The highest BCUT2D eigenvalue weighted by atomic mass is 16.6. The van der Waals surface area contributed by atoms with E-state index < -0.39 is 47.9 Å². The minimum absolute atomic E-state index is 0.0639. The van der Waals surface area contributed by atoms with E-state index in [4.69, 9.17) is 9.47 Å². The number of carbonyl (C=O) groups excluding carboxylic acids is 3. The third kappa shape index (κ3) is 12.3. The lowest BCUT2D eigenvalue weighted by Gasteiger charge is -2.33. The molecule has 0 heterocycles. The summed E-state index contributed by atoms with van der Waals surface area (Å²) >= 11 is 0. The molecule has 9 heteroatoms. The number of hydrogen-bond acceptors (Lipinski definition) is 6. The van der Waals surface area contributed by atoms with Crippen molar-refractivity contribution < 1.29 is 29.0 Å². The van der Waals surface area contributed by atoms with Gasteiger partial charge in [0.05, 0.1) is 18.2 Å². The summed E-state index contributed by atoms with van der Waals surface area (Å²) in [6.07, 6.45) is -1.42. The molecule has 242 valence electrons. The second-order valence-corrected chi connectivity index (χ2v) is 12.3. The van der Waals surface area contributed by atoms with Crippen molar-refractivity contribution in [3.05, 3.63) is 108 Å². The Morgan fingerprint density at radius 1 is 0.711 bits per heavy atom. The van der Waals surface area contributed by atoms with Gasteiger partial charge in [-0.1, -0.05) is 111 Å². The van der Waals surface area contributed by atoms with Gasteiger partial charge in [0.1, 0.15) is 18.2 Å². The van der Waals surface area contributed by atoms with Gasteiger partial charge in [-0.2, -0.15) is 0 Å². The molecule has 0 saturated carbocycles. The van der Waals surface area contributed by atoms with E-state index in [-0.39, 0.29) is 18.9 Å². The van der Waals surface area contributed by atoms with Crippen LogP contribution in [-0.4, -0.2) is 53.0 Å². The van der Waals surface area contributed by atoms with Crippen molar-refractivity contribution in [3.8, 4) is 0 Å². The van der Waals surface area contributed by atoms with Crippen LogP contribution in [0.25, 0.3) is 0 Å². The van der Waals surface area contributed by atoms with Gasteiger partial charge in [-0.05, 0) is 56.2 Å². The Morgan fingerprint density at radius 3 is 1.64 bits per heavy atom. The first-order chi connectivity index (χ1) is 21.4. The van der Waals surface area contributed by atoms with Crippen LogP contribution in [0, 0.1) is 5.92 Å². The first-order valence-electron chi connectivity index (χ1n) is 15.5. The monoisotopic (exact) mass is 617 g/mol. The second kappa shape index (κ2) is 17.2. The van der Waals surface area contributed by atoms with Gasteiger partial charge in [0.25, 0.3) is 0 Å². The molecule has 3 aromatic rings. The van der Waals surface area contributed by atoms with Crippen molar-refractivity contribution in [1.29, 1.82) is 0 Å². The van der Waals surface area contributed by atoms with Crippen LogP contribution in [0.5, 0.6) is 0 Å². The number of aliphatic hydroxyl groups is 1. The second-order valence-electron chi connectivity index (χ2n) is 12.3. The number of rotatable bonds is 14. The normalized spacial score (nSPS) is 14.6. The van der Waals surface area contributed by atoms with Gasteiger partial charge >= 0.3 is 12.2 Å². The molecular weight excluding hydrogens is 570 g/mol. The van der Waals surface area contributed by atoms with Crippen LogP contribution in [0.1, 0.15) is 57.7 Å². The van der Waals surface area contributed by atoms with E-state index in [0.29, 0.717) is 12.8 Å². The van der Waals surface area contributed by atoms with E-state index >= 15 is 0 Å². The van der Waals surface area contributed by atoms with Crippen LogP contribution >= 0.6 is 0 Å². The van der Waals surface area contributed by atoms with Crippen molar-refractivity contribution >= 4 is 18.1 Å². The van der Waals surface area contributed by atoms with Gasteiger partial charge in [0.2, 0.25) is 5.91 Å². The van der Waals surface area contributed by atoms with Crippen molar-refractivity contribution in [2.75, 3.05) is 0 Å². The van der Waals surface area contributed by atoms with Gasteiger partial charge in [0.15, 0.2) is 0 Å². The summed E-state index contributed by atoms with van der Waals surface area (Å²) in [7, 11) is 0. The summed E-state index contributed by atoms with van der Waals surface area (Å²) in [6.45, 7) is 9.15. The van der Waals surface area contributed by atoms with Gasteiger partial charge < -0.3 is 30.5 Å². The Balaban J connectivity index is 1.84. The Hall–Kier alpha value is -4.37. The van der Waals surface area contributed by atoms with Gasteiger partial charge in [-0.3, -0.25) is 4.79 Å². The average molecular weight is 618 g/mol. The highest BCUT2D eigenvalue weighted by Crippen LogP contribution is 2.17. The van der Waals surface area contributed by atoms with Gasteiger partial charge in [0, 0.05) is 0 Å². The summed E-state index contributed by atoms with van der Waals surface area (Å²) in [5.41, 5.74) is 1.86. The van der Waals surface area contributed by atoms with Crippen LogP contribution in [0.15, 0.2) is 91.0 Å². The molecule has 0 saturated heterocycles. The smallest absolute Gasteiger partial charge is 0.408 e. The van der Waals surface area contributed by atoms with E-state index in [9.17, 15) is 19.5 Å². The van der Waals surface area contributed by atoms with E-state index in [1.165, 1.54) is 0 Å². The van der Waals surface area contributed by atoms with Crippen molar-refractivity contribution in [2.24, 2.45) is 5.92 Å². The maximum absolute atomic E-state index is 13.8. The van der Waals surface area contributed by atoms with Crippen LogP contribution in [0.3, 0.4) is 0 Å². The summed E-state index contributed by atoms with van der Waals surface area (Å²) in [5, 5.41) is 20.4. The fraction of sp³-hybridized carbons (Fsp3) is 0.417.